The van der Waals surface area contributed by atoms with Gasteiger partial charge in [0.2, 0.25) is 0 Å². The van der Waals surface area contributed by atoms with Gasteiger partial charge in [-0.3, -0.25) is 4.79 Å². The molecule has 0 spiro atoms. The van der Waals surface area contributed by atoms with E-state index in [1.165, 1.54) is 24.5 Å². The number of amides is 1. The minimum absolute atomic E-state index is 0.114. The number of ether oxygens (including phenoxy) is 1. The normalized spacial score (nSPS) is 16.5. The molecule has 0 fully saturated rings. The number of rotatable bonds is 4. The van der Waals surface area contributed by atoms with E-state index in [9.17, 15) is 13.2 Å². The number of nitriles is 1. The topological polar surface area (TPSA) is 109 Å². The Labute approximate surface area is 154 Å². The maximum Gasteiger partial charge on any atom is 0.275 e. The highest BCUT2D eigenvalue weighted by Crippen LogP contribution is 2.37. The van der Waals surface area contributed by atoms with E-state index in [-0.39, 0.29) is 21.8 Å². The van der Waals surface area contributed by atoms with Crippen LogP contribution in [-0.2, 0) is 21.2 Å². The van der Waals surface area contributed by atoms with E-state index in [0.29, 0.717) is 17.7 Å². The zero-order chi connectivity index (χ0) is 18.9. The summed E-state index contributed by atoms with van der Waals surface area (Å²) in [4.78, 5) is 12.0. The minimum atomic E-state index is -4.22. The number of carbonyl (C=O) groups is 1. The summed E-state index contributed by atoms with van der Waals surface area (Å²) in [5, 5.41) is 9.25. The summed E-state index contributed by atoms with van der Waals surface area (Å²) in [5.41, 5.74) is 0.234. The lowest BCUT2D eigenvalue weighted by Crippen LogP contribution is -2.31. The number of furan rings is 1. The third kappa shape index (κ3) is 3.59. The van der Waals surface area contributed by atoms with Crippen molar-refractivity contribution >= 4 is 33.6 Å². The Hall–Kier alpha value is -2.76. The van der Waals surface area contributed by atoms with Crippen LogP contribution in [0.3, 0.4) is 0 Å². The molecule has 26 heavy (non-hydrogen) atoms. The maximum absolute atomic E-state index is 12.5. The predicted octanol–water partition coefficient (Wildman–Crippen LogP) is 2.67. The summed E-state index contributed by atoms with van der Waals surface area (Å²) >= 11 is 6.09. The Morgan fingerprint density at radius 3 is 2.88 bits per heavy atom. The lowest BCUT2D eigenvalue weighted by atomic mass is 10.1. The summed E-state index contributed by atoms with van der Waals surface area (Å²) < 4.78 is 37.4. The number of hydrogen-bond acceptors (Lipinski definition) is 6. The molecule has 0 saturated heterocycles. The van der Waals surface area contributed by atoms with Gasteiger partial charge in [-0.25, -0.2) is 13.1 Å². The summed E-state index contributed by atoms with van der Waals surface area (Å²) in [6, 6.07) is 7.36. The number of halogens is 1. The lowest BCUT2D eigenvalue weighted by molar-refractivity contribution is -0.115. The highest BCUT2D eigenvalue weighted by molar-refractivity contribution is 7.90. The quantitative estimate of drug-likeness (QED) is 0.632. The van der Waals surface area contributed by atoms with Crippen molar-refractivity contribution < 1.29 is 22.4 Å². The molecule has 0 bridgehead atoms. The average molecular weight is 393 g/mol. The van der Waals surface area contributed by atoms with Crippen LogP contribution in [0.5, 0.6) is 5.75 Å². The van der Waals surface area contributed by atoms with Crippen LogP contribution in [-0.4, -0.2) is 20.4 Å². The smallest absolute Gasteiger partial charge is 0.275 e. The lowest BCUT2D eigenvalue weighted by Gasteiger charge is -2.09. The first-order valence-electron chi connectivity index (χ1n) is 7.51. The second-order valence-corrected chi connectivity index (χ2v) is 7.74. The molecular formula is C17H13ClN2O5S. The van der Waals surface area contributed by atoms with Gasteiger partial charge in [-0.15, -0.1) is 0 Å². The molecule has 1 N–H and O–H groups in total. The fraction of sp³-hybridized carbons (Fsp3) is 0.176. The Kier molecular flexibility index (Phi) is 4.76. The number of carbonyl (C=O) groups excluding carboxylic acids is 1. The first-order valence-corrected chi connectivity index (χ1v) is 9.38. The molecule has 1 atom stereocenters. The summed E-state index contributed by atoms with van der Waals surface area (Å²) in [6.45, 7) is 1.84. The third-order valence-corrected chi connectivity index (χ3v) is 5.24. The zero-order valence-corrected chi connectivity index (χ0v) is 15.1. The monoisotopic (exact) mass is 392 g/mol. The van der Waals surface area contributed by atoms with Crippen molar-refractivity contribution in [2.45, 2.75) is 24.3 Å². The van der Waals surface area contributed by atoms with Gasteiger partial charge >= 0.3 is 0 Å². The van der Waals surface area contributed by atoms with Gasteiger partial charge in [0.15, 0.2) is 0 Å². The van der Waals surface area contributed by atoms with E-state index < -0.39 is 21.5 Å². The largest absolute Gasteiger partial charge is 0.489 e. The fourth-order valence-electron chi connectivity index (χ4n) is 2.51. The first-order chi connectivity index (χ1) is 12.3. The molecule has 0 radical (unpaired) electrons. The van der Waals surface area contributed by atoms with Crippen molar-refractivity contribution in [3.8, 4) is 11.8 Å². The highest BCUT2D eigenvalue weighted by Gasteiger charge is 2.27. The molecule has 0 saturated carbocycles. The van der Waals surface area contributed by atoms with Crippen molar-refractivity contribution in [3.63, 3.8) is 0 Å². The molecule has 3 rings (SSSR count). The van der Waals surface area contributed by atoms with Gasteiger partial charge < -0.3 is 9.15 Å². The zero-order valence-electron chi connectivity index (χ0n) is 13.5. The van der Waals surface area contributed by atoms with Crippen LogP contribution < -0.4 is 9.46 Å². The molecule has 1 amide bonds. The van der Waals surface area contributed by atoms with Gasteiger partial charge in [0, 0.05) is 18.1 Å². The minimum Gasteiger partial charge on any atom is -0.489 e. The van der Waals surface area contributed by atoms with Gasteiger partial charge in [-0.1, -0.05) is 11.6 Å². The molecule has 1 aliphatic rings. The van der Waals surface area contributed by atoms with Gasteiger partial charge in [-0.2, -0.15) is 5.26 Å². The Morgan fingerprint density at radius 2 is 2.23 bits per heavy atom. The Balaban J connectivity index is 1.88. The van der Waals surface area contributed by atoms with E-state index >= 15 is 0 Å². The number of nitrogens with zero attached hydrogens (tertiary/aromatic N) is 1. The van der Waals surface area contributed by atoms with Crippen molar-refractivity contribution in [1.82, 2.24) is 4.72 Å². The van der Waals surface area contributed by atoms with Crippen LogP contribution in [0.2, 0.25) is 5.02 Å². The molecule has 2 aromatic rings. The van der Waals surface area contributed by atoms with Crippen molar-refractivity contribution in [2.75, 3.05) is 0 Å². The first kappa shape index (κ1) is 18.0. The molecule has 1 aromatic heterocycles. The molecular weight excluding hydrogens is 380 g/mol. The average Bonchev–Trinajstić information content (AvgIpc) is 3.20. The molecule has 1 unspecified atom stereocenters. The van der Waals surface area contributed by atoms with Crippen LogP contribution in [0.1, 0.15) is 18.2 Å². The second-order valence-electron chi connectivity index (χ2n) is 5.65. The van der Waals surface area contributed by atoms with Crippen LogP contribution in [0.4, 0.5) is 0 Å². The van der Waals surface area contributed by atoms with Gasteiger partial charge in [0.05, 0.1) is 16.2 Å². The highest BCUT2D eigenvalue weighted by atomic mass is 35.5. The SMILES string of the molecule is CC1Cc2cc(S(=O)(=O)NC(=O)C(C#N)=Cc3ccco3)cc(Cl)c2O1. The van der Waals surface area contributed by atoms with E-state index in [4.69, 9.17) is 26.0 Å². The second kappa shape index (κ2) is 6.86. The Morgan fingerprint density at radius 1 is 1.46 bits per heavy atom. The molecule has 7 nitrogen and oxygen atoms in total. The van der Waals surface area contributed by atoms with Crippen LogP contribution in [0.25, 0.3) is 6.08 Å². The van der Waals surface area contributed by atoms with Crippen LogP contribution in [0, 0.1) is 11.3 Å². The van der Waals surface area contributed by atoms with E-state index in [1.54, 1.807) is 12.1 Å². The Bertz CT molecular complexity index is 1040. The number of fused-ring (bicyclic) bond motifs is 1. The van der Waals surface area contributed by atoms with Gasteiger partial charge in [0.1, 0.15) is 29.3 Å². The molecule has 1 aliphatic heterocycles. The van der Waals surface area contributed by atoms with Gasteiger partial charge in [0.25, 0.3) is 15.9 Å². The summed E-state index contributed by atoms with van der Waals surface area (Å²) in [7, 11) is -4.22. The number of benzene rings is 1. The summed E-state index contributed by atoms with van der Waals surface area (Å²) in [6.07, 6.45) is 2.91. The van der Waals surface area contributed by atoms with Crippen LogP contribution >= 0.6 is 11.6 Å². The predicted molar refractivity (Wildman–Crippen MR) is 92.9 cm³/mol. The molecule has 2 heterocycles. The molecule has 0 aliphatic carbocycles. The molecule has 1 aromatic carbocycles. The van der Waals surface area contributed by atoms with Crippen molar-refractivity contribution in [2.24, 2.45) is 0 Å². The van der Waals surface area contributed by atoms with Crippen molar-refractivity contribution in [3.05, 3.63) is 52.4 Å². The molecule has 134 valence electrons. The van der Waals surface area contributed by atoms with E-state index in [2.05, 4.69) is 0 Å². The number of sulfonamides is 1. The van der Waals surface area contributed by atoms with E-state index in [1.807, 2.05) is 11.6 Å². The van der Waals surface area contributed by atoms with Crippen LogP contribution in [0.15, 0.2) is 45.4 Å². The summed E-state index contributed by atoms with van der Waals surface area (Å²) in [5.74, 6) is -0.370. The molecule has 9 heteroatoms. The van der Waals surface area contributed by atoms with E-state index in [0.717, 1.165) is 6.08 Å². The standard InChI is InChI=1S/C17H13ClN2O5S/c1-10-5-11-7-14(8-15(18)16(11)25-10)26(22,23)20-17(21)12(9-19)6-13-3-2-4-24-13/h2-4,6-8,10H,5H2,1H3,(H,20,21). The maximum atomic E-state index is 12.5. The third-order valence-electron chi connectivity index (χ3n) is 3.65. The van der Waals surface area contributed by atoms with Crippen molar-refractivity contribution in [1.29, 1.82) is 5.26 Å². The number of nitrogens with one attached hydrogen (secondary N) is 1. The number of hydrogen-bond donors (Lipinski definition) is 1. The fourth-order valence-corrected chi connectivity index (χ4v) is 3.90. The van der Waals surface area contributed by atoms with Gasteiger partial charge in [-0.05, 0) is 31.2 Å².